The molecule has 5 unspecified atom stereocenters. The summed E-state index contributed by atoms with van der Waals surface area (Å²) in [7, 11) is -9.95. The highest BCUT2D eigenvalue weighted by molar-refractivity contribution is 7.47. The van der Waals surface area contributed by atoms with Crippen LogP contribution >= 0.6 is 15.6 Å². The number of phosphoric ester groups is 2. The number of aliphatic hydroxyl groups is 1. The van der Waals surface area contributed by atoms with Gasteiger partial charge in [-0.25, -0.2) is 9.13 Å². The SMILES string of the molecule is CC/C=C\C/C=C\C/C=C\C/C=C\C/C=C\CCCC(=O)OCC(COP(=O)(O)OCC(O)COP(=O)(O)OCC(COC(=O)CCCCCCC/C=C\CCCCCC)OC(=O)CCCCCCCCCCCCC)OC(=O)CCCCCCC/C=C\C/C=C\CCC. The Kier molecular flexibility index (Phi) is 64.7. The van der Waals surface area contributed by atoms with E-state index >= 15 is 0 Å². The van der Waals surface area contributed by atoms with E-state index in [0.29, 0.717) is 32.1 Å². The van der Waals surface area contributed by atoms with Crippen LogP contribution in [0.25, 0.3) is 0 Å². The Labute approximate surface area is 569 Å². The minimum atomic E-state index is -4.98. The predicted octanol–water partition coefficient (Wildman–Crippen LogP) is 20.4. The third-order valence-electron chi connectivity index (χ3n) is 15.0. The van der Waals surface area contributed by atoms with Crippen molar-refractivity contribution in [3.63, 3.8) is 0 Å². The van der Waals surface area contributed by atoms with Crippen molar-refractivity contribution < 1.29 is 80.2 Å². The molecule has 0 rings (SSSR count). The number of esters is 4. The summed E-state index contributed by atoms with van der Waals surface area (Å²) in [5, 5.41) is 10.6. The summed E-state index contributed by atoms with van der Waals surface area (Å²) in [4.78, 5) is 72.6. The summed E-state index contributed by atoms with van der Waals surface area (Å²) < 4.78 is 68.2. The zero-order chi connectivity index (χ0) is 69.0. The predicted molar refractivity (Wildman–Crippen MR) is 381 cm³/mol. The molecule has 19 heteroatoms. The molecule has 0 saturated heterocycles. The molecule has 0 aromatic heterocycles. The van der Waals surface area contributed by atoms with Crippen molar-refractivity contribution in [1.82, 2.24) is 0 Å². The van der Waals surface area contributed by atoms with Gasteiger partial charge >= 0.3 is 39.5 Å². The first kappa shape index (κ1) is 90.0. The molecule has 94 heavy (non-hydrogen) atoms. The Balaban J connectivity index is 5.37. The molecular weight excluding hydrogens is 1230 g/mol. The Bertz CT molecular complexity index is 2170. The average molecular weight is 1370 g/mol. The van der Waals surface area contributed by atoms with Gasteiger partial charge in [-0.2, -0.15) is 0 Å². The normalized spacial score (nSPS) is 14.6. The smallest absolute Gasteiger partial charge is 0.462 e. The van der Waals surface area contributed by atoms with Crippen LogP contribution in [0.15, 0.2) is 97.2 Å². The fraction of sp³-hybridized carbons (Fsp3) is 0.733. The second-order valence-electron chi connectivity index (χ2n) is 24.2. The van der Waals surface area contributed by atoms with E-state index in [0.717, 1.165) is 148 Å². The summed E-state index contributed by atoms with van der Waals surface area (Å²) in [5.41, 5.74) is 0. The second kappa shape index (κ2) is 67.5. The molecule has 0 amide bonds. The Hall–Kier alpha value is -4.02. The summed E-state index contributed by atoms with van der Waals surface area (Å²) in [6.45, 7) is 4.58. The summed E-state index contributed by atoms with van der Waals surface area (Å²) >= 11 is 0. The molecule has 0 aliphatic carbocycles. The van der Waals surface area contributed by atoms with E-state index in [2.05, 4.69) is 113 Å². The molecule has 0 fully saturated rings. The molecule has 0 heterocycles. The van der Waals surface area contributed by atoms with Gasteiger partial charge in [-0.15, -0.1) is 0 Å². The lowest BCUT2D eigenvalue weighted by molar-refractivity contribution is -0.161. The van der Waals surface area contributed by atoms with Gasteiger partial charge < -0.3 is 33.8 Å². The van der Waals surface area contributed by atoms with Gasteiger partial charge in [0.05, 0.1) is 26.4 Å². The highest BCUT2D eigenvalue weighted by Gasteiger charge is 2.30. The number of phosphoric acid groups is 2. The van der Waals surface area contributed by atoms with Gasteiger partial charge in [-0.1, -0.05) is 253 Å². The number of allylic oxidation sites excluding steroid dienone is 16. The maximum atomic E-state index is 13.0. The third-order valence-corrected chi connectivity index (χ3v) is 16.9. The van der Waals surface area contributed by atoms with Gasteiger partial charge in [-0.05, 0) is 116 Å². The summed E-state index contributed by atoms with van der Waals surface area (Å²) in [6, 6.07) is 0. The monoisotopic (exact) mass is 1360 g/mol. The van der Waals surface area contributed by atoms with E-state index in [1.807, 2.05) is 12.2 Å². The van der Waals surface area contributed by atoms with Crippen LogP contribution in [0.1, 0.15) is 297 Å². The lowest BCUT2D eigenvalue weighted by Crippen LogP contribution is -2.30. The second-order valence-corrected chi connectivity index (χ2v) is 27.1. The Morgan fingerprint density at radius 1 is 0.309 bits per heavy atom. The summed E-state index contributed by atoms with van der Waals surface area (Å²) in [5.74, 6) is -2.26. The number of carbonyl (C=O) groups excluding carboxylic acids is 4. The number of hydrogen-bond donors (Lipinski definition) is 3. The van der Waals surface area contributed by atoms with Crippen LogP contribution in [0.2, 0.25) is 0 Å². The topological polar surface area (TPSA) is 237 Å². The maximum absolute atomic E-state index is 13.0. The van der Waals surface area contributed by atoms with E-state index in [9.17, 15) is 43.2 Å². The molecule has 0 aliphatic rings. The largest absolute Gasteiger partial charge is 0.472 e. The number of carbonyl (C=O) groups is 4. The third kappa shape index (κ3) is 66.6. The molecule has 0 bridgehead atoms. The maximum Gasteiger partial charge on any atom is 0.472 e. The first-order valence-electron chi connectivity index (χ1n) is 36.5. The fourth-order valence-electron chi connectivity index (χ4n) is 9.46. The van der Waals surface area contributed by atoms with Crippen molar-refractivity contribution in [3.05, 3.63) is 97.2 Å². The van der Waals surface area contributed by atoms with Crippen LogP contribution in [0, 0.1) is 0 Å². The van der Waals surface area contributed by atoms with Crippen molar-refractivity contribution in [1.29, 1.82) is 0 Å². The Morgan fingerprint density at radius 2 is 0.585 bits per heavy atom. The summed E-state index contributed by atoms with van der Waals surface area (Å²) in [6.07, 6.45) is 68.5. The molecule has 0 aliphatic heterocycles. The molecule has 3 N–H and O–H groups in total. The van der Waals surface area contributed by atoms with Crippen LogP contribution in [0.4, 0.5) is 0 Å². The highest BCUT2D eigenvalue weighted by Crippen LogP contribution is 2.45. The molecule has 0 saturated carbocycles. The lowest BCUT2D eigenvalue weighted by atomic mass is 10.1. The van der Waals surface area contributed by atoms with Gasteiger partial charge in [0.15, 0.2) is 12.2 Å². The van der Waals surface area contributed by atoms with Crippen molar-refractivity contribution in [2.24, 2.45) is 0 Å². The van der Waals surface area contributed by atoms with E-state index in [1.165, 1.54) is 64.2 Å². The fourth-order valence-corrected chi connectivity index (χ4v) is 11.0. The van der Waals surface area contributed by atoms with Crippen molar-refractivity contribution >= 4 is 39.5 Å². The quantitative estimate of drug-likeness (QED) is 0.0169. The standard InChI is InChI=1S/C75H130O17P2/c1-5-9-13-17-21-25-29-32-33-34-35-38-41-44-48-52-56-60-73(78)86-66-71(92-75(80)62-58-54-50-46-42-37-31-27-23-19-15-11-7-3)68-90-94(83,84)88-64-69(76)63-87-93(81,82)89-67-70(91-74(79)61-57-53-49-45-39-28-24-20-16-12-8-4)65-85-72(77)59-55-51-47-43-40-36-30-26-22-18-14-10-6-2/h9,13,15,19,21,25-27,30-33,35,38,44,48,69-71,76H,5-8,10-12,14,16-18,20,22-24,28-29,34,36-37,39-43,45-47,49-68H2,1-4H3,(H,81,82)(H,83,84)/b13-9-,19-15-,25-21-,30-26-,31-27-,33-32-,38-35-,48-44-. The van der Waals surface area contributed by atoms with Gasteiger partial charge in [0, 0.05) is 25.7 Å². The number of hydrogen-bond acceptors (Lipinski definition) is 15. The molecular formula is C75H130O17P2. The molecule has 0 spiro atoms. The molecule has 0 aromatic rings. The first-order chi connectivity index (χ1) is 45.7. The van der Waals surface area contributed by atoms with Crippen LogP contribution in [-0.4, -0.2) is 96.7 Å². The van der Waals surface area contributed by atoms with Gasteiger partial charge in [-0.3, -0.25) is 37.3 Å². The van der Waals surface area contributed by atoms with E-state index in [1.54, 1.807) is 0 Å². The molecule has 0 aromatic carbocycles. The molecule has 542 valence electrons. The molecule has 0 radical (unpaired) electrons. The number of ether oxygens (including phenoxy) is 4. The van der Waals surface area contributed by atoms with Crippen LogP contribution in [-0.2, 0) is 65.4 Å². The zero-order valence-corrected chi connectivity index (χ0v) is 60.7. The molecule has 17 nitrogen and oxygen atoms in total. The minimum absolute atomic E-state index is 0.0660. The minimum Gasteiger partial charge on any atom is -0.462 e. The van der Waals surface area contributed by atoms with Crippen molar-refractivity contribution in [2.45, 2.75) is 316 Å². The highest BCUT2D eigenvalue weighted by atomic mass is 31.2. The van der Waals surface area contributed by atoms with Crippen molar-refractivity contribution in [2.75, 3.05) is 39.6 Å². The number of unbranched alkanes of at least 4 members (excludes halogenated alkanes) is 26. The van der Waals surface area contributed by atoms with Crippen LogP contribution in [0.3, 0.4) is 0 Å². The van der Waals surface area contributed by atoms with Gasteiger partial charge in [0.25, 0.3) is 0 Å². The first-order valence-corrected chi connectivity index (χ1v) is 39.5. The van der Waals surface area contributed by atoms with Gasteiger partial charge in [0.1, 0.15) is 19.3 Å². The van der Waals surface area contributed by atoms with E-state index < -0.39 is 97.5 Å². The van der Waals surface area contributed by atoms with Gasteiger partial charge in [0.2, 0.25) is 0 Å². The van der Waals surface area contributed by atoms with E-state index in [-0.39, 0.29) is 25.7 Å². The Morgan fingerprint density at radius 3 is 0.957 bits per heavy atom. The zero-order valence-electron chi connectivity index (χ0n) is 58.9. The van der Waals surface area contributed by atoms with Crippen molar-refractivity contribution in [3.8, 4) is 0 Å². The van der Waals surface area contributed by atoms with Crippen LogP contribution < -0.4 is 0 Å². The average Bonchev–Trinajstić information content (AvgIpc) is 2.15. The molecule has 5 atom stereocenters. The van der Waals surface area contributed by atoms with E-state index in [4.69, 9.17) is 37.0 Å². The number of aliphatic hydroxyl groups excluding tert-OH is 1. The number of rotatable bonds is 68. The van der Waals surface area contributed by atoms with Crippen LogP contribution in [0.5, 0.6) is 0 Å². The lowest BCUT2D eigenvalue weighted by Gasteiger charge is -2.21.